The molecule has 0 aliphatic carbocycles. The molecule has 0 bridgehead atoms. The van der Waals surface area contributed by atoms with Crippen LogP contribution in [0.1, 0.15) is 18.4 Å². The fourth-order valence-corrected chi connectivity index (χ4v) is 1.71. The Morgan fingerprint density at radius 3 is 2.93 bits per heavy atom. The number of nitrogens with one attached hydrogen (secondary N) is 1. The van der Waals surface area contributed by atoms with E-state index in [0.717, 1.165) is 24.2 Å². The number of aliphatic carboxylic acids is 1. The third-order valence-electron chi connectivity index (χ3n) is 2.50. The molecule has 0 spiro atoms. The van der Waals surface area contributed by atoms with E-state index in [0.29, 0.717) is 12.0 Å². The molecule has 3 heteroatoms. The first-order chi connectivity index (χ1) is 7.27. The number of hydrogen-bond acceptors (Lipinski definition) is 2. The molecule has 15 heavy (non-hydrogen) atoms. The number of carbonyl (C=O) groups is 1. The SMILES string of the molecule is O=C(O)/C1=C/c2ccccc2NCCC1. The van der Waals surface area contributed by atoms with Gasteiger partial charge < -0.3 is 10.4 Å². The van der Waals surface area contributed by atoms with E-state index in [9.17, 15) is 4.79 Å². The molecule has 0 saturated carbocycles. The second kappa shape index (κ2) is 4.17. The lowest BCUT2D eigenvalue weighted by Gasteiger charge is -2.13. The van der Waals surface area contributed by atoms with Gasteiger partial charge in [-0.25, -0.2) is 4.79 Å². The first kappa shape index (κ1) is 9.77. The van der Waals surface area contributed by atoms with E-state index in [1.165, 1.54) is 0 Å². The average molecular weight is 203 g/mol. The third-order valence-corrected chi connectivity index (χ3v) is 2.50. The Morgan fingerprint density at radius 1 is 1.33 bits per heavy atom. The van der Waals surface area contributed by atoms with Crippen LogP contribution in [0.25, 0.3) is 6.08 Å². The summed E-state index contributed by atoms with van der Waals surface area (Å²) in [5, 5.41) is 12.3. The van der Waals surface area contributed by atoms with E-state index >= 15 is 0 Å². The van der Waals surface area contributed by atoms with Gasteiger partial charge in [0.05, 0.1) is 0 Å². The Bertz CT molecular complexity index is 410. The average Bonchev–Trinajstić information content (AvgIpc) is 2.18. The first-order valence-corrected chi connectivity index (χ1v) is 5.04. The molecule has 1 aliphatic rings. The minimum atomic E-state index is -0.813. The van der Waals surface area contributed by atoms with E-state index in [1.807, 2.05) is 24.3 Å². The van der Waals surface area contributed by atoms with Gasteiger partial charge in [-0.15, -0.1) is 0 Å². The standard InChI is InChI=1S/C12H13NO2/c14-12(15)10-5-3-7-13-11-6-2-1-4-9(11)8-10/h1-2,4,6,8,13H,3,5,7H2,(H,14,15)/b10-8+. The summed E-state index contributed by atoms with van der Waals surface area (Å²) in [6.45, 7) is 0.821. The summed E-state index contributed by atoms with van der Waals surface area (Å²) in [6, 6.07) is 7.76. The fraction of sp³-hybridized carbons (Fsp3) is 0.250. The summed E-state index contributed by atoms with van der Waals surface area (Å²) in [7, 11) is 0. The Kier molecular flexibility index (Phi) is 2.72. The van der Waals surface area contributed by atoms with Crippen LogP contribution >= 0.6 is 0 Å². The van der Waals surface area contributed by atoms with Gasteiger partial charge >= 0.3 is 5.97 Å². The van der Waals surface area contributed by atoms with Crippen LogP contribution < -0.4 is 5.32 Å². The molecule has 2 rings (SSSR count). The highest BCUT2D eigenvalue weighted by Crippen LogP contribution is 2.22. The van der Waals surface area contributed by atoms with Gasteiger partial charge in [-0.3, -0.25) is 0 Å². The maximum Gasteiger partial charge on any atom is 0.331 e. The molecule has 1 aliphatic heterocycles. The van der Waals surface area contributed by atoms with Gasteiger partial charge in [0.15, 0.2) is 0 Å². The van der Waals surface area contributed by atoms with Crippen molar-refractivity contribution in [2.45, 2.75) is 12.8 Å². The van der Waals surface area contributed by atoms with Crippen LogP contribution in [-0.2, 0) is 4.79 Å². The van der Waals surface area contributed by atoms with E-state index in [4.69, 9.17) is 5.11 Å². The minimum absolute atomic E-state index is 0.490. The highest BCUT2D eigenvalue weighted by molar-refractivity contribution is 5.93. The zero-order valence-electron chi connectivity index (χ0n) is 8.36. The zero-order valence-corrected chi connectivity index (χ0v) is 8.36. The number of hydrogen-bond donors (Lipinski definition) is 2. The third kappa shape index (κ3) is 2.18. The van der Waals surface area contributed by atoms with E-state index in [-0.39, 0.29) is 0 Å². The summed E-state index contributed by atoms with van der Waals surface area (Å²) in [4.78, 5) is 10.9. The molecule has 0 aromatic heterocycles. The predicted octanol–water partition coefficient (Wildman–Crippen LogP) is 2.36. The number of anilines is 1. The van der Waals surface area contributed by atoms with Crippen molar-refractivity contribution in [2.75, 3.05) is 11.9 Å². The van der Waals surface area contributed by atoms with Gasteiger partial charge in [0.1, 0.15) is 0 Å². The monoisotopic (exact) mass is 203 g/mol. The topological polar surface area (TPSA) is 49.3 Å². The summed E-state index contributed by atoms with van der Waals surface area (Å²) >= 11 is 0. The molecule has 78 valence electrons. The maximum atomic E-state index is 10.9. The van der Waals surface area contributed by atoms with Crippen LogP contribution in [0.5, 0.6) is 0 Å². The first-order valence-electron chi connectivity index (χ1n) is 5.04. The summed E-state index contributed by atoms with van der Waals surface area (Å²) < 4.78 is 0. The fourth-order valence-electron chi connectivity index (χ4n) is 1.71. The predicted molar refractivity (Wildman–Crippen MR) is 59.8 cm³/mol. The van der Waals surface area contributed by atoms with Gasteiger partial charge in [0, 0.05) is 17.8 Å². The van der Waals surface area contributed by atoms with Crippen molar-refractivity contribution in [1.82, 2.24) is 0 Å². The molecule has 1 aromatic carbocycles. The number of rotatable bonds is 1. The molecule has 0 radical (unpaired) electrons. The molecular formula is C12H13NO2. The molecule has 1 heterocycles. The largest absolute Gasteiger partial charge is 0.478 e. The minimum Gasteiger partial charge on any atom is -0.478 e. The van der Waals surface area contributed by atoms with Crippen molar-refractivity contribution in [3.8, 4) is 0 Å². The van der Waals surface area contributed by atoms with Gasteiger partial charge in [-0.2, -0.15) is 0 Å². The molecular weight excluding hydrogens is 190 g/mol. The van der Waals surface area contributed by atoms with Crippen LogP contribution in [0.2, 0.25) is 0 Å². The van der Waals surface area contributed by atoms with E-state index < -0.39 is 5.97 Å². The van der Waals surface area contributed by atoms with Gasteiger partial charge in [0.2, 0.25) is 0 Å². The molecule has 3 nitrogen and oxygen atoms in total. The number of para-hydroxylation sites is 1. The summed E-state index contributed by atoms with van der Waals surface area (Å²) in [5.41, 5.74) is 2.45. The Morgan fingerprint density at radius 2 is 2.13 bits per heavy atom. The van der Waals surface area contributed by atoms with Crippen molar-refractivity contribution in [2.24, 2.45) is 0 Å². The summed E-state index contributed by atoms with van der Waals surface area (Å²) in [6.07, 6.45) is 3.23. The second-order valence-corrected chi connectivity index (χ2v) is 3.59. The molecule has 0 amide bonds. The van der Waals surface area contributed by atoms with Crippen LogP contribution in [0, 0.1) is 0 Å². The van der Waals surface area contributed by atoms with Gasteiger partial charge in [-0.1, -0.05) is 18.2 Å². The number of benzene rings is 1. The Hall–Kier alpha value is -1.77. The number of carboxylic acids is 1. The van der Waals surface area contributed by atoms with Gasteiger partial charge in [0.25, 0.3) is 0 Å². The quantitative estimate of drug-likeness (QED) is 0.736. The lowest BCUT2D eigenvalue weighted by Crippen LogP contribution is -2.09. The van der Waals surface area contributed by atoms with Crippen molar-refractivity contribution < 1.29 is 9.90 Å². The van der Waals surface area contributed by atoms with E-state index in [1.54, 1.807) is 6.08 Å². The number of fused-ring (bicyclic) bond motifs is 1. The molecule has 1 aromatic rings. The van der Waals surface area contributed by atoms with Crippen LogP contribution in [0.4, 0.5) is 5.69 Å². The molecule has 0 saturated heterocycles. The van der Waals surface area contributed by atoms with Crippen LogP contribution in [0.3, 0.4) is 0 Å². The highest BCUT2D eigenvalue weighted by Gasteiger charge is 2.11. The lowest BCUT2D eigenvalue weighted by atomic mass is 10.0. The normalized spacial score (nSPS) is 18.8. The zero-order chi connectivity index (χ0) is 10.7. The summed E-state index contributed by atoms with van der Waals surface area (Å²) in [5.74, 6) is -0.813. The smallest absolute Gasteiger partial charge is 0.331 e. The van der Waals surface area contributed by atoms with Crippen molar-refractivity contribution >= 4 is 17.7 Å². The molecule has 0 fully saturated rings. The number of carboxylic acid groups (broad SMARTS) is 1. The highest BCUT2D eigenvalue weighted by atomic mass is 16.4. The Labute approximate surface area is 88.4 Å². The second-order valence-electron chi connectivity index (χ2n) is 3.59. The van der Waals surface area contributed by atoms with Crippen molar-refractivity contribution in [3.05, 3.63) is 35.4 Å². The van der Waals surface area contributed by atoms with Crippen LogP contribution in [0.15, 0.2) is 29.8 Å². The molecule has 0 atom stereocenters. The maximum absolute atomic E-state index is 10.9. The molecule has 2 N–H and O–H groups in total. The lowest BCUT2D eigenvalue weighted by molar-refractivity contribution is -0.132. The van der Waals surface area contributed by atoms with E-state index in [2.05, 4.69) is 5.32 Å². The van der Waals surface area contributed by atoms with Crippen LogP contribution in [-0.4, -0.2) is 17.6 Å². The Balaban J connectivity index is 2.43. The van der Waals surface area contributed by atoms with Crippen molar-refractivity contribution in [3.63, 3.8) is 0 Å². The molecule has 0 unspecified atom stereocenters. The van der Waals surface area contributed by atoms with Crippen molar-refractivity contribution in [1.29, 1.82) is 0 Å². The van der Waals surface area contributed by atoms with Gasteiger partial charge in [-0.05, 0) is 30.5 Å².